The highest BCUT2D eigenvalue weighted by Gasteiger charge is 2.09. The molecular weight excluding hydrogens is 206 g/mol. The first-order chi connectivity index (χ1) is 7.77. The molecule has 0 amide bonds. The molecule has 5 heteroatoms. The molecule has 1 aromatic heterocycles. The monoisotopic (exact) mass is 219 g/mol. The molecule has 0 saturated carbocycles. The molecule has 2 aromatic rings. The Hall–Kier alpha value is -1.88. The number of phenols is 1. The molecule has 0 spiro atoms. The number of hydrogen-bond donors (Lipinski definition) is 2. The third-order valence-electron chi connectivity index (χ3n) is 2.38. The third kappa shape index (κ3) is 2.38. The van der Waals surface area contributed by atoms with Gasteiger partial charge in [-0.2, -0.15) is 4.98 Å². The van der Waals surface area contributed by atoms with Gasteiger partial charge in [-0.25, -0.2) is 0 Å². The second-order valence-corrected chi connectivity index (χ2v) is 3.51. The zero-order valence-electron chi connectivity index (χ0n) is 8.92. The molecule has 2 N–H and O–H groups in total. The van der Waals surface area contributed by atoms with Crippen molar-refractivity contribution in [2.24, 2.45) is 0 Å². The normalized spacial score (nSPS) is 12.6. The van der Waals surface area contributed by atoms with Crippen molar-refractivity contribution in [1.82, 2.24) is 15.5 Å². The second kappa shape index (κ2) is 4.76. The molecule has 84 valence electrons. The maximum atomic E-state index is 9.65. The molecular formula is C11H13N3O2. The Morgan fingerprint density at radius 1 is 1.44 bits per heavy atom. The summed E-state index contributed by atoms with van der Waals surface area (Å²) < 4.78 is 4.63. The van der Waals surface area contributed by atoms with Gasteiger partial charge in [0.2, 0.25) is 6.39 Å². The highest BCUT2D eigenvalue weighted by molar-refractivity contribution is 5.34. The first-order valence-electron chi connectivity index (χ1n) is 5.04. The van der Waals surface area contributed by atoms with Gasteiger partial charge in [-0.1, -0.05) is 23.4 Å². The molecule has 0 aliphatic rings. The number of benzene rings is 1. The van der Waals surface area contributed by atoms with Crippen molar-refractivity contribution in [2.45, 2.75) is 19.5 Å². The van der Waals surface area contributed by atoms with E-state index in [9.17, 15) is 5.11 Å². The van der Waals surface area contributed by atoms with Gasteiger partial charge >= 0.3 is 0 Å². The van der Waals surface area contributed by atoms with E-state index in [2.05, 4.69) is 20.0 Å². The molecule has 1 aromatic carbocycles. The van der Waals surface area contributed by atoms with Crippen LogP contribution in [0.5, 0.6) is 5.75 Å². The molecule has 0 aliphatic carbocycles. The van der Waals surface area contributed by atoms with E-state index < -0.39 is 0 Å². The Kier molecular flexibility index (Phi) is 3.16. The fraction of sp³-hybridized carbons (Fsp3) is 0.273. The lowest BCUT2D eigenvalue weighted by Crippen LogP contribution is -2.18. The Balaban J connectivity index is 1.98. The van der Waals surface area contributed by atoms with Crippen LogP contribution in [0.25, 0.3) is 0 Å². The molecule has 0 fully saturated rings. The summed E-state index contributed by atoms with van der Waals surface area (Å²) in [6.45, 7) is 2.47. The number of aromatic nitrogens is 2. The summed E-state index contributed by atoms with van der Waals surface area (Å²) in [5, 5.41) is 16.5. The van der Waals surface area contributed by atoms with E-state index in [1.165, 1.54) is 6.39 Å². The molecule has 1 atom stereocenters. The lowest BCUT2D eigenvalue weighted by molar-refractivity contribution is 0.403. The largest absolute Gasteiger partial charge is 0.508 e. The summed E-state index contributed by atoms with van der Waals surface area (Å²) in [4.78, 5) is 3.90. The van der Waals surface area contributed by atoms with E-state index >= 15 is 0 Å². The summed E-state index contributed by atoms with van der Waals surface area (Å²) in [7, 11) is 0. The number of nitrogens with one attached hydrogen (secondary N) is 1. The summed E-state index contributed by atoms with van der Waals surface area (Å²) in [6.07, 6.45) is 1.29. The van der Waals surface area contributed by atoms with E-state index in [-0.39, 0.29) is 11.8 Å². The summed E-state index contributed by atoms with van der Waals surface area (Å²) in [5.41, 5.74) is 0.853. The first kappa shape index (κ1) is 10.6. The van der Waals surface area contributed by atoms with Crippen LogP contribution in [-0.4, -0.2) is 15.2 Å². The van der Waals surface area contributed by atoms with Crippen molar-refractivity contribution in [1.29, 1.82) is 0 Å². The molecule has 2 rings (SSSR count). The van der Waals surface area contributed by atoms with Crippen LogP contribution in [-0.2, 0) is 6.54 Å². The zero-order valence-corrected chi connectivity index (χ0v) is 8.92. The Morgan fingerprint density at radius 2 is 2.25 bits per heavy atom. The van der Waals surface area contributed by atoms with Gasteiger partial charge in [0.15, 0.2) is 5.82 Å². The SMILES string of the molecule is CC(NCc1ncon1)c1ccccc1O. The second-order valence-electron chi connectivity index (χ2n) is 3.51. The third-order valence-corrected chi connectivity index (χ3v) is 2.38. The summed E-state index contributed by atoms with van der Waals surface area (Å²) in [6, 6.07) is 7.26. The smallest absolute Gasteiger partial charge is 0.213 e. The lowest BCUT2D eigenvalue weighted by atomic mass is 10.1. The zero-order chi connectivity index (χ0) is 11.4. The summed E-state index contributed by atoms with van der Waals surface area (Å²) >= 11 is 0. The van der Waals surface area contributed by atoms with Crippen molar-refractivity contribution in [3.05, 3.63) is 42.0 Å². The van der Waals surface area contributed by atoms with Crippen LogP contribution >= 0.6 is 0 Å². The van der Waals surface area contributed by atoms with Gasteiger partial charge < -0.3 is 14.9 Å². The van der Waals surface area contributed by atoms with Crippen molar-refractivity contribution in [3.63, 3.8) is 0 Å². The molecule has 0 radical (unpaired) electrons. The number of aromatic hydroxyl groups is 1. The Morgan fingerprint density at radius 3 is 2.94 bits per heavy atom. The van der Waals surface area contributed by atoms with Crippen molar-refractivity contribution in [2.75, 3.05) is 0 Å². The van der Waals surface area contributed by atoms with Gasteiger partial charge in [-0.15, -0.1) is 0 Å². The highest BCUT2D eigenvalue weighted by atomic mass is 16.5. The standard InChI is InChI=1S/C11H13N3O2/c1-8(9-4-2-3-5-10(9)15)12-6-11-13-7-16-14-11/h2-5,7-8,12,15H,6H2,1H3. The fourth-order valence-electron chi connectivity index (χ4n) is 1.48. The van der Waals surface area contributed by atoms with E-state index in [0.29, 0.717) is 12.4 Å². The molecule has 16 heavy (non-hydrogen) atoms. The van der Waals surface area contributed by atoms with Crippen LogP contribution in [0.1, 0.15) is 24.4 Å². The Labute approximate surface area is 93.1 Å². The van der Waals surface area contributed by atoms with Gasteiger partial charge in [-0.3, -0.25) is 0 Å². The molecule has 0 aliphatic heterocycles. The van der Waals surface area contributed by atoms with Crippen molar-refractivity contribution >= 4 is 0 Å². The fourth-order valence-corrected chi connectivity index (χ4v) is 1.48. The average molecular weight is 219 g/mol. The maximum Gasteiger partial charge on any atom is 0.213 e. The van der Waals surface area contributed by atoms with Gasteiger partial charge in [-0.05, 0) is 13.0 Å². The predicted molar refractivity (Wildman–Crippen MR) is 57.7 cm³/mol. The molecule has 1 heterocycles. The number of phenolic OH excluding ortho intramolecular Hbond substituents is 1. The minimum absolute atomic E-state index is 0.0275. The van der Waals surface area contributed by atoms with Crippen LogP contribution in [0, 0.1) is 0 Å². The molecule has 0 saturated heterocycles. The number of para-hydroxylation sites is 1. The van der Waals surface area contributed by atoms with Crippen LogP contribution in [0.3, 0.4) is 0 Å². The van der Waals surface area contributed by atoms with E-state index in [0.717, 1.165) is 5.56 Å². The molecule has 1 unspecified atom stereocenters. The molecule has 5 nitrogen and oxygen atoms in total. The summed E-state index contributed by atoms with van der Waals surface area (Å²) in [5.74, 6) is 0.887. The number of nitrogens with zero attached hydrogens (tertiary/aromatic N) is 2. The minimum Gasteiger partial charge on any atom is -0.508 e. The Bertz CT molecular complexity index is 442. The van der Waals surface area contributed by atoms with Gasteiger partial charge in [0, 0.05) is 11.6 Å². The van der Waals surface area contributed by atoms with E-state index in [1.807, 2.05) is 19.1 Å². The lowest BCUT2D eigenvalue weighted by Gasteiger charge is -2.13. The van der Waals surface area contributed by atoms with E-state index in [1.54, 1.807) is 12.1 Å². The topological polar surface area (TPSA) is 71.2 Å². The quantitative estimate of drug-likeness (QED) is 0.817. The number of rotatable bonds is 4. The van der Waals surface area contributed by atoms with Crippen LogP contribution in [0.15, 0.2) is 35.2 Å². The highest BCUT2D eigenvalue weighted by Crippen LogP contribution is 2.22. The van der Waals surface area contributed by atoms with Gasteiger partial charge in [0.1, 0.15) is 5.75 Å². The van der Waals surface area contributed by atoms with Crippen LogP contribution in [0.2, 0.25) is 0 Å². The minimum atomic E-state index is 0.0275. The van der Waals surface area contributed by atoms with Crippen LogP contribution in [0.4, 0.5) is 0 Å². The predicted octanol–water partition coefficient (Wildman–Crippen LogP) is 1.63. The van der Waals surface area contributed by atoms with E-state index in [4.69, 9.17) is 0 Å². The van der Waals surface area contributed by atoms with Gasteiger partial charge in [0.25, 0.3) is 0 Å². The maximum absolute atomic E-state index is 9.65. The number of hydrogen-bond acceptors (Lipinski definition) is 5. The van der Waals surface area contributed by atoms with Gasteiger partial charge in [0.05, 0.1) is 6.54 Å². The van der Waals surface area contributed by atoms with Crippen molar-refractivity contribution < 1.29 is 9.63 Å². The van der Waals surface area contributed by atoms with Crippen molar-refractivity contribution in [3.8, 4) is 5.75 Å². The average Bonchev–Trinajstić information content (AvgIpc) is 2.79. The molecule has 0 bridgehead atoms. The van der Waals surface area contributed by atoms with Crippen LogP contribution < -0.4 is 5.32 Å². The first-order valence-corrected chi connectivity index (χ1v) is 5.04.